The minimum absolute atomic E-state index is 0.0850. The van der Waals surface area contributed by atoms with Crippen molar-refractivity contribution in [2.24, 2.45) is 0 Å². The summed E-state index contributed by atoms with van der Waals surface area (Å²) < 4.78 is 10.3. The summed E-state index contributed by atoms with van der Waals surface area (Å²) >= 11 is 0. The fourth-order valence-electron chi connectivity index (χ4n) is 2.08. The molecule has 98 valence electrons. The number of carbonyl (C=O) groups is 1. The maximum atomic E-state index is 11.4. The van der Waals surface area contributed by atoms with Crippen LogP contribution in [-0.2, 0) is 9.47 Å². The van der Waals surface area contributed by atoms with Crippen molar-refractivity contribution in [3.05, 3.63) is 18.1 Å². The van der Waals surface area contributed by atoms with E-state index in [-0.39, 0.29) is 18.0 Å². The molecule has 0 N–H and O–H groups in total. The molecule has 0 saturated carbocycles. The smallest absolute Gasteiger partial charge is 0.376 e. The van der Waals surface area contributed by atoms with Crippen LogP contribution in [0.15, 0.2) is 12.3 Å². The Balaban J connectivity index is 2.20. The highest BCUT2D eigenvalue weighted by Crippen LogP contribution is 2.17. The molecule has 1 aromatic rings. The lowest BCUT2D eigenvalue weighted by Gasteiger charge is -2.36. The van der Waals surface area contributed by atoms with Gasteiger partial charge in [-0.2, -0.15) is 0 Å². The molecule has 0 spiro atoms. The lowest BCUT2D eigenvalue weighted by Crippen LogP contribution is -2.46. The SMILES string of the molecule is COC(=O)c1nccc(N2CC(C)OC(C)C2)n1. The van der Waals surface area contributed by atoms with Gasteiger partial charge in [0.05, 0.1) is 19.3 Å². The van der Waals surface area contributed by atoms with E-state index in [1.807, 2.05) is 13.8 Å². The second-order valence-electron chi connectivity index (χ2n) is 4.39. The van der Waals surface area contributed by atoms with Gasteiger partial charge in [0.15, 0.2) is 0 Å². The van der Waals surface area contributed by atoms with E-state index in [9.17, 15) is 4.79 Å². The van der Waals surface area contributed by atoms with Crippen LogP contribution in [0.3, 0.4) is 0 Å². The van der Waals surface area contributed by atoms with E-state index < -0.39 is 5.97 Å². The number of morpholine rings is 1. The normalized spacial score (nSPS) is 23.8. The molecule has 1 aromatic heterocycles. The zero-order valence-corrected chi connectivity index (χ0v) is 10.8. The van der Waals surface area contributed by atoms with Crippen molar-refractivity contribution in [2.75, 3.05) is 25.1 Å². The molecule has 0 aromatic carbocycles. The maximum absolute atomic E-state index is 11.4. The largest absolute Gasteiger partial charge is 0.463 e. The quantitative estimate of drug-likeness (QED) is 0.727. The number of aromatic nitrogens is 2. The number of hydrogen-bond donors (Lipinski definition) is 0. The van der Waals surface area contributed by atoms with E-state index in [2.05, 4.69) is 19.6 Å². The molecule has 1 saturated heterocycles. The molecule has 2 atom stereocenters. The number of carbonyl (C=O) groups excluding carboxylic acids is 1. The second kappa shape index (κ2) is 5.30. The summed E-state index contributed by atoms with van der Waals surface area (Å²) in [5.74, 6) is 0.292. The Bertz CT molecular complexity index is 428. The highest BCUT2D eigenvalue weighted by Gasteiger charge is 2.24. The molecule has 0 radical (unpaired) electrons. The third-order valence-electron chi connectivity index (χ3n) is 2.75. The third kappa shape index (κ3) is 2.76. The Labute approximate surface area is 106 Å². The minimum Gasteiger partial charge on any atom is -0.463 e. The van der Waals surface area contributed by atoms with Crippen molar-refractivity contribution in [2.45, 2.75) is 26.1 Å². The van der Waals surface area contributed by atoms with Crippen LogP contribution in [0.25, 0.3) is 0 Å². The van der Waals surface area contributed by atoms with Gasteiger partial charge in [-0.25, -0.2) is 14.8 Å². The Morgan fingerprint density at radius 3 is 2.72 bits per heavy atom. The Hall–Kier alpha value is -1.69. The maximum Gasteiger partial charge on any atom is 0.376 e. The third-order valence-corrected chi connectivity index (χ3v) is 2.75. The number of rotatable bonds is 2. The topological polar surface area (TPSA) is 64.5 Å². The summed E-state index contributed by atoms with van der Waals surface area (Å²) in [5, 5.41) is 0. The molecule has 6 nitrogen and oxygen atoms in total. The Kier molecular flexibility index (Phi) is 3.76. The first-order valence-corrected chi connectivity index (χ1v) is 5.92. The summed E-state index contributed by atoms with van der Waals surface area (Å²) in [7, 11) is 1.32. The van der Waals surface area contributed by atoms with Gasteiger partial charge in [-0.3, -0.25) is 0 Å². The van der Waals surface area contributed by atoms with Crippen molar-refractivity contribution >= 4 is 11.8 Å². The predicted octanol–water partition coefficient (Wildman–Crippen LogP) is 0.877. The van der Waals surface area contributed by atoms with Gasteiger partial charge in [0.25, 0.3) is 0 Å². The van der Waals surface area contributed by atoms with Crippen LogP contribution in [0.2, 0.25) is 0 Å². The van der Waals surface area contributed by atoms with Crippen molar-refractivity contribution in [3.63, 3.8) is 0 Å². The number of methoxy groups -OCH3 is 1. The van der Waals surface area contributed by atoms with Gasteiger partial charge < -0.3 is 14.4 Å². The van der Waals surface area contributed by atoms with Crippen LogP contribution in [0, 0.1) is 0 Å². The summed E-state index contributed by atoms with van der Waals surface area (Å²) in [6.07, 6.45) is 1.86. The highest BCUT2D eigenvalue weighted by molar-refractivity contribution is 5.85. The molecule has 2 rings (SSSR count). The van der Waals surface area contributed by atoms with Crippen molar-refractivity contribution < 1.29 is 14.3 Å². The zero-order valence-electron chi connectivity index (χ0n) is 10.8. The second-order valence-corrected chi connectivity index (χ2v) is 4.39. The van der Waals surface area contributed by atoms with Gasteiger partial charge in [0.1, 0.15) is 5.82 Å². The van der Waals surface area contributed by atoms with Gasteiger partial charge in [0.2, 0.25) is 5.82 Å². The average Bonchev–Trinajstić information content (AvgIpc) is 2.37. The van der Waals surface area contributed by atoms with Gasteiger partial charge in [0, 0.05) is 19.3 Å². The van der Waals surface area contributed by atoms with Crippen LogP contribution in [0.4, 0.5) is 5.82 Å². The first-order chi connectivity index (χ1) is 8.60. The molecule has 6 heteroatoms. The summed E-state index contributed by atoms with van der Waals surface area (Å²) in [6, 6.07) is 1.79. The molecule has 0 aliphatic carbocycles. The Morgan fingerprint density at radius 1 is 1.44 bits per heavy atom. The zero-order chi connectivity index (χ0) is 13.1. The number of esters is 1. The van der Waals surface area contributed by atoms with E-state index in [4.69, 9.17) is 4.74 Å². The molecular weight excluding hydrogens is 234 g/mol. The molecule has 2 heterocycles. The fourth-order valence-corrected chi connectivity index (χ4v) is 2.08. The van der Waals surface area contributed by atoms with E-state index >= 15 is 0 Å². The summed E-state index contributed by atoms with van der Waals surface area (Å²) in [6.45, 7) is 5.54. The molecule has 2 unspecified atom stereocenters. The molecule has 0 amide bonds. The fraction of sp³-hybridized carbons (Fsp3) is 0.583. The van der Waals surface area contributed by atoms with Crippen molar-refractivity contribution in [3.8, 4) is 0 Å². The van der Waals surface area contributed by atoms with E-state index in [1.54, 1.807) is 12.3 Å². The van der Waals surface area contributed by atoms with Crippen LogP contribution in [-0.4, -0.2) is 48.3 Å². The standard InChI is InChI=1S/C12H17N3O3/c1-8-6-15(7-9(2)18-8)10-4-5-13-11(14-10)12(16)17-3/h4-5,8-9H,6-7H2,1-3H3. The number of anilines is 1. The van der Waals surface area contributed by atoms with E-state index in [0.717, 1.165) is 18.9 Å². The first kappa shape index (κ1) is 12.8. The van der Waals surface area contributed by atoms with Gasteiger partial charge in [-0.1, -0.05) is 0 Å². The number of ether oxygens (including phenoxy) is 2. The lowest BCUT2D eigenvalue weighted by molar-refractivity contribution is -0.00547. The number of hydrogen-bond acceptors (Lipinski definition) is 6. The number of nitrogens with zero attached hydrogens (tertiary/aromatic N) is 3. The van der Waals surface area contributed by atoms with E-state index in [1.165, 1.54) is 7.11 Å². The molecule has 1 aliphatic rings. The molecule has 0 bridgehead atoms. The summed E-state index contributed by atoms with van der Waals surface area (Å²) in [4.78, 5) is 21.6. The predicted molar refractivity (Wildman–Crippen MR) is 65.6 cm³/mol. The average molecular weight is 251 g/mol. The van der Waals surface area contributed by atoms with Gasteiger partial charge >= 0.3 is 5.97 Å². The minimum atomic E-state index is -0.522. The molecular formula is C12H17N3O3. The van der Waals surface area contributed by atoms with Crippen LogP contribution in [0.1, 0.15) is 24.5 Å². The van der Waals surface area contributed by atoms with Gasteiger partial charge in [-0.15, -0.1) is 0 Å². The van der Waals surface area contributed by atoms with Gasteiger partial charge in [-0.05, 0) is 19.9 Å². The van der Waals surface area contributed by atoms with Crippen LogP contribution < -0.4 is 4.90 Å². The molecule has 1 fully saturated rings. The monoisotopic (exact) mass is 251 g/mol. The van der Waals surface area contributed by atoms with Crippen molar-refractivity contribution in [1.82, 2.24) is 9.97 Å². The first-order valence-electron chi connectivity index (χ1n) is 5.92. The Morgan fingerprint density at radius 2 is 2.11 bits per heavy atom. The summed E-state index contributed by atoms with van der Waals surface area (Å²) in [5.41, 5.74) is 0. The molecule has 1 aliphatic heterocycles. The van der Waals surface area contributed by atoms with Crippen LogP contribution >= 0.6 is 0 Å². The van der Waals surface area contributed by atoms with Crippen LogP contribution in [0.5, 0.6) is 0 Å². The lowest BCUT2D eigenvalue weighted by atomic mass is 10.2. The molecule has 18 heavy (non-hydrogen) atoms. The highest BCUT2D eigenvalue weighted by atomic mass is 16.5. The van der Waals surface area contributed by atoms with E-state index in [0.29, 0.717) is 0 Å². The van der Waals surface area contributed by atoms with Crippen molar-refractivity contribution in [1.29, 1.82) is 0 Å².